The summed E-state index contributed by atoms with van der Waals surface area (Å²) < 4.78 is 15.3. The molecule has 2 N–H and O–H groups in total. The summed E-state index contributed by atoms with van der Waals surface area (Å²) in [5.74, 6) is -1.44. The van der Waals surface area contributed by atoms with Crippen LogP contribution in [0.25, 0.3) is 6.08 Å². The van der Waals surface area contributed by atoms with Gasteiger partial charge in [0.05, 0.1) is 11.4 Å². The van der Waals surface area contributed by atoms with Gasteiger partial charge < -0.3 is 10.6 Å². The molecule has 1 heterocycles. The molecule has 126 valence electrons. The van der Waals surface area contributed by atoms with Crippen molar-refractivity contribution in [3.05, 3.63) is 46.5 Å². The average Bonchev–Trinajstić information content (AvgIpc) is 2.73. The van der Waals surface area contributed by atoms with E-state index in [2.05, 4.69) is 15.7 Å². The molecule has 0 saturated heterocycles. The van der Waals surface area contributed by atoms with Crippen LogP contribution in [0, 0.1) is 12.7 Å². The Labute approximate surface area is 143 Å². The quantitative estimate of drug-likeness (QED) is 0.832. The Hall–Kier alpha value is -2.67. The summed E-state index contributed by atoms with van der Waals surface area (Å²) in [6.07, 6.45) is 2.75. The predicted molar refractivity (Wildman–Crippen MR) is 91.3 cm³/mol. The number of carbonyl (C=O) groups is 2. The van der Waals surface area contributed by atoms with Gasteiger partial charge in [-0.1, -0.05) is 11.6 Å². The summed E-state index contributed by atoms with van der Waals surface area (Å²) in [6.45, 7) is 3.10. The molecule has 0 aliphatic rings. The van der Waals surface area contributed by atoms with Gasteiger partial charge in [-0.2, -0.15) is 5.10 Å². The fraction of sp³-hybridized carbons (Fsp3) is 0.188. The van der Waals surface area contributed by atoms with Crippen molar-refractivity contribution < 1.29 is 14.0 Å². The van der Waals surface area contributed by atoms with E-state index < -0.39 is 11.7 Å². The average molecular weight is 351 g/mol. The van der Waals surface area contributed by atoms with Crippen LogP contribution in [-0.4, -0.2) is 21.6 Å². The highest BCUT2D eigenvalue weighted by Crippen LogP contribution is 2.21. The van der Waals surface area contributed by atoms with Crippen LogP contribution >= 0.6 is 11.6 Å². The molecule has 0 unspecified atom stereocenters. The zero-order valence-electron chi connectivity index (χ0n) is 13.4. The summed E-state index contributed by atoms with van der Waals surface area (Å²) in [6, 6.07) is 3.90. The molecule has 6 nitrogen and oxygen atoms in total. The molecule has 0 spiro atoms. The summed E-state index contributed by atoms with van der Waals surface area (Å²) in [5, 5.41) is 9.46. The lowest BCUT2D eigenvalue weighted by molar-refractivity contribution is -0.114. The minimum atomic E-state index is -0.610. The number of hydrogen-bond donors (Lipinski definition) is 2. The van der Waals surface area contributed by atoms with Gasteiger partial charge >= 0.3 is 0 Å². The molecular formula is C16H16ClFN4O2. The molecule has 0 saturated carbocycles. The van der Waals surface area contributed by atoms with E-state index in [-0.39, 0.29) is 11.6 Å². The monoisotopic (exact) mass is 350 g/mol. The Balaban J connectivity index is 2.14. The number of aryl methyl sites for hydroxylation is 2. The summed E-state index contributed by atoms with van der Waals surface area (Å²) in [5.41, 5.74) is 1.63. The standard InChI is InChI=1S/C16H16ClFN4O2/c1-9-12(16(17)22(3)21-9)5-7-15(24)20-14-8-11(19-10(2)23)4-6-13(14)18/h4-8H,1-3H3,(H,19,23)(H,20,24)/b7-5+. The highest BCUT2D eigenvalue weighted by molar-refractivity contribution is 6.31. The van der Waals surface area contributed by atoms with Crippen LogP contribution in [0.2, 0.25) is 5.15 Å². The third kappa shape index (κ3) is 4.20. The first kappa shape index (κ1) is 17.7. The first-order chi connectivity index (χ1) is 11.3. The van der Waals surface area contributed by atoms with Crippen LogP contribution in [0.3, 0.4) is 0 Å². The van der Waals surface area contributed by atoms with E-state index in [1.807, 2.05) is 0 Å². The largest absolute Gasteiger partial charge is 0.326 e. The summed E-state index contributed by atoms with van der Waals surface area (Å²) >= 11 is 6.07. The third-order valence-corrected chi connectivity index (χ3v) is 3.59. The number of nitrogens with zero attached hydrogens (tertiary/aromatic N) is 2. The summed E-state index contributed by atoms with van der Waals surface area (Å²) in [7, 11) is 1.69. The highest BCUT2D eigenvalue weighted by Gasteiger charge is 2.10. The van der Waals surface area contributed by atoms with Gasteiger partial charge in [0, 0.05) is 31.3 Å². The minimum Gasteiger partial charge on any atom is -0.326 e. The highest BCUT2D eigenvalue weighted by atomic mass is 35.5. The van der Waals surface area contributed by atoms with E-state index >= 15 is 0 Å². The Bertz CT molecular complexity index is 830. The number of halogens is 2. The zero-order valence-corrected chi connectivity index (χ0v) is 14.1. The maximum atomic E-state index is 13.8. The van der Waals surface area contributed by atoms with Crippen molar-refractivity contribution in [3.63, 3.8) is 0 Å². The molecule has 0 aliphatic heterocycles. The van der Waals surface area contributed by atoms with Crippen molar-refractivity contribution in [2.45, 2.75) is 13.8 Å². The Morgan fingerprint density at radius 3 is 2.62 bits per heavy atom. The number of anilines is 2. The van der Waals surface area contributed by atoms with E-state index in [0.717, 1.165) is 6.07 Å². The molecule has 1 aromatic carbocycles. The second-order valence-electron chi connectivity index (χ2n) is 5.11. The van der Waals surface area contributed by atoms with E-state index in [4.69, 9.17) is 11.6 Å². The maximum Gasteiger partial charge on any atom is 0.248 e. The predicted octanol–water partition coefficient (Wildman–Crippen LogP) is 3.13. The number of amides is 2. The molecule has 0 fully saturated rings. The van der Waals surface area contributed by atoms with Gasteiger partial charge in [0.25, 0.3) is 0 Å². The van der Waals surface area contributed by atoms with Crippen LogP contribution in [-0.2, 0) is 16.6 Å². The Morgan fingerprint density at radius 2 is 2.04 bits per heavy atom. The second kappa shape index (κ2) is 7.27. The molecule has 0 atom stereocenters. The molecule has 0 aliphatic carbocycles. The van der Waals surface area contributed by atoms with E-state index in [1.165, 1.54) is 35.9 Å². The number of aromatic nitrogens is 2. The number of benzene rings is 1. The molecule has 0 radical (unpaired) electrons. The smallest absolute Gasteiger partial charge is 0.248 e. The van der Waals surface area contributed by atoms with Gasteiger partial charge in [0.2, 0.25) is 11.8 Å². The topological polar surface area (TPSA) is 76.0 Å². The van der Waals surface area contributed by atoms with Gasteiger partial charge in [-0.15, -0.1) is 0 Å². The second-order valence-corrected chi connectivity index (χ2v) is 5.47. The van der Waals surface area contributed by atoms with Gasteiger partial charge in [0.15, 0.2) is 0 Å². The molecule has 2 rings (SSSR count). The SMILES string of the molecule is CC(=O)Nc1ccc(F)c(NC(=O)/C=C/c2c(C)nn(C)c2Cl)c1. The molecule has 0 bridgehead atoms. The number of hydrogen-bond acceptors (Lipinski definition) is 3. The van der Waals surface area contributed by atoms with Crippen molar-refractivity contribution in [1.29, 1.82) is 0 Å². The zero-order chi connectivity index (χ0) is 17.9. The van der Waals surface area contributed by atoms with Crippen LogP contribution in [0.4, 0.5) is 15.8 Å². The van der Waals surface area contributed by atoms with Crippen molar-refractivity contribution in [2.24, 2.45) is 7.05 Å². The first-order valence-corrected chi connectivity index (χ1v) is 7.41. The molecular weight excluding hydrogens is 335 g/mol. The van der Waals surface area contributed by atoms with Crippen molar-refractivity contribution in [3.8, 4) is 0 Å². The molecule has 24 heavy (non-hydrogen) atoms. The Morgan fingerprint density at radius 1 is 1.33 bits per heavy atom. The number of carbonyl (C=O) groups excluding carboxylic acids is 2. The number of nitrogens with one attached hydrogen (secondary N) is 2. The van der Waals surface area contributed by atoms with Crippen LogP contribution in [0.5, 0.6) is 0 Å². The van der Waals surface area contributed by atoms with E-state index in [9.17, 15) is 14.0 Å². The first-order valence-electron chi connectivity index (χ1n) is 7.03. The minimum absolute atomic E-state index is 0.0371. The van der Waals surface area contributed by atoms with Gasteiger partial charge in [-0.05, 0) is 31.2 Å². The number of rotatable bonds is 4. The lowest BCUT2D eigenvalue weighted by Crippen LogP contribution is -2.11. The van der Waals surface area contributed by atoms with E-state index in [0.29, 0.717) is 22.1 Å². The molecule has 2 aromatic rings. The van der Waals surface area contributed by atoms with Crippen molar-refractivity contribution in [2.75, 3.05) is 10.6 Å². The molecule has 1 aromatic heterocycles. The molecule has 2 amide bonds. The lowest BCUT2D eigenvalue weighted by Gasteiger charge is -2.07. The lowest BCUT2D eigenvalue weighted by atomic mass is 10.2. The summed E-state index contributed by atoms with van der Waals surface area (Å²) in [4.78, 5) is 23.0. The fourth-order valence-electron chi connectivity index (χ4n) is 2.07. The third-order valence-electron chi connectivity index (χ3n) is 3.14. The van der Waals surface area contributed by atoms with Gasteiger partial charge in [-0.25, -0.2) is 4.39 Å². The normalized spacial score (nSPS) is 10.9. The van der Waals surface area contributed by atoms with Crippen molar-refractivity contribution in [1.82, 2.24) is 9.78 Å². The van der Waals surface area contributed by atoms with Gasteiger partial charge in [-0.3, -0.25) is 14.3 Å². The maximum absolute atomic E-state index is 13.8. The Kier molecular flexibility index (Phi) is 5.35. The van der Waals surface area contributed by atoms with Crippen LogP contribution < -0.4 is 10.6 Å². The van der Waals surface area contributed by atoms with Crippen LogP contribution in [0.15, 0.2) is 24.3 Å². The van der Waals surface area contributed by atoms with E-state index in [1.54, 1.807) is 14.0 Å². The fourth-order valence-corrected chi connectivity index (χ4v) is 2.31. The van der Waals surface area contributed by atoms with Gasteiger partial charge in [0.1, 0.15) is 11.0 Å². The van der Waals surface area contributed by atoms with Crippen LogP contribution in [0.1, 0.15) is 18.2 Å². The molecule has 8 heteroatoms. The van der Waals surface area contributed by atoms with Crippen molar-refractivity contribution >= 4 is 40.9 Å².